The number of benzene rings is 1. The van der Waals surface area contributed by atoms with E-state index in [2.05, 4.69) is 10.00 Å². The summed E-state index contributed by atoms with van der Waals surface area (Å²) < 4.78 is 30.6. The number of rotatable bonds is 6. The van der Waals surface area contributed by atoms with Crippen LogP contribution >= 0.6 is 12.2 Å². The summed E-state index contributed by atoms with van der Waals surface area (Å²) in [7, 11) is -2.91. The second-order valence-electron chi connectivity index (χ2n) is 6.03. The van der Waals surface area contributed by atoms with Crippen molar-refractivity contribution in [3.8, 4) is 0 Å². The molecule has 1 aromatic carbocycles. The maximum atomic E-state index is 11.7. The highest BCUT2D eigenvalue weighted by atomic mass is 32.2. The summed E-state index contributed by atoms with van der Waals surface area (Å²) in [5.74, 6) is 1.04. The molecular formula is C16H21N3O3S2. The van der Waals surface area contributed by atoms with E-state index in [0.717, 1.165) is 12.1 Å². The van der Waals surface area contributed by atoms with Crippen LogP contribution < -0.4 is 0 Å². The largest absolute Gasteiger partial charge is 0.414 e. The fourth-order valence-corrected chi connectivity index (χ4v) is 4.95. The first-order valence-electron chi connectivity index (χ1n) is 8.02. The molecule has 1 aliphatic rings. The van der Waals surface area contributed by atoms with Crippen molar-refractivity contribution in [2.75, 3.05) is 18.1 Å². The molecule has 2 heterocycles. The normalized spacial score (nSPS) is 19.8. The maximum absolute atomic E-state index is 11.7. The van der Waals surface area contributed by atoms with Gasteiger partial charge in [0, 0.05) is 6.04 Å². The molecule has 3 rings (SSSR count). The van der Waals surface area contributed by atoms with Gasteiger partial charge < -0.3 is 4.42 Å². The predicted octanol–water partition coefficient (Wildman–Crippen LogP) is 2.26. The van der Waals surface area contributed by atoms with E-state index in [1.165, 1.54) is 0 Å². The predicted molar refractivity (Wildman–Crippen MR) is 94.0 cm³/mol. The fourth-order valence-electron chi connectivity index (χ4n) is 2.99. The third-order valence-electron chi connectivity index (χ3n) is 4.29. The minimum Gasteiger partial charge on any atom is -0.414 e. The van der Waals surface area contributed by atoms with Gasteiger partial charge in [0.15, 0.2) is 9.84 Å². The van der Waals surface area contributed by atoms with Crippen molar-refractivity contribution in [2.24, 2.45) is 0 Å². The van der Waals surface area contributed by atoms with Gasteiger partial charge in [-0.15, -0.1) is 5.10 Å². The molecule has 0 amide bonds. The highest BCUT2D eigenvalue weighted by molar-refractivity contribution is 7.91. The molecule has 8 heteroatoms. The van der Waals surface area contributed by atoms with Crippen molar-refractivity contribution in [3.63, 3.8) is 0 Å². The number of nitrogens with zero attached hydrogens (tertiary/aromatic N) is 3. The van der Waals surface area contributed by atoms with Gasteiger partial charge in [-0.3, -0.25) is 4.90 Å². The van der Waals surface area contributed by atoms with Crippen LogP contribution in [-0.4, -0.2) is 47.2 Å². The lowest BCUT2D eigenvalue weighted by atomic mass is 10.2. The Hall–Kier alpha value is -1.51. The summed E-state index contributed by atoms with van der Waals surface area (Å²) in [6, 6.07) is 9.96. The summed E-state index contributed by atoms with van der Waals surface area (Å²) >= 11 is 5.26. The minimum atomic E-state index is -2.91. The molecule has 0 N–H and O–H groups in total. The Labute approximate surface area is 147 Å². The van der Waals surface area contributed by atoms with Gasteiger partial charge in [-0.05, 0) is 30.7 Å². The second kappa shape index (κ2) is 7.16. The molecule has 1 atom stereocenters. The lowest BCUT2D eigenvalue weighted by molar-refractivity contribution is 0.162. The zero-order valence-corrected chi connectivity index (χ0v) is 15.2. The minimum absolute atomic E-state index is 0.0242. The van der Waals surface area contributed by atoms with E-state index in [1.807, 2.05) is 37.3 Å². The van der Waals surface area contributed by atoms with Gasteiger partial charge in [-0.25, -0.2) is 13.1 Å². The molecule has 0 bridgehead atoms. The molecule has 0 spiro atoms. The van der Waals surface area contributed by atoms with Crippen LogP contribution in [0.3, 0.4) is 0 Å². The zero-order chi connectivity index (χ0) is 17.2. The molecule has 130 valence electrons. The van der Waals surface area contributed by atoms with E-state index in [0.29, 0.717) is 30.2 Å². The van der Waals surface area contributed by atoms with Crippen molar-refractivity contribution < 1.29 is 12.8 Å². The molecule has 6 nitrogen and oxygen atoms in total. The van der Waals surface area contributed by atoms with Crippen LogP contribution in [0.4, 0.5) is 0 Å². The van der Waals surface area contributed by atoms with E-state index < -0.39 is 9.84 Å². The summed E-state index contributed by atoms with van der Waals surface area (Å²) in [4.78, 5) is 2.41. The number of hydrogen-bond acceptors (Lipinski definition) is 6. The van der Waals surface area contributed by atoms with Crippen LogP contribution in [0.1, 0.15) is 24.8 Å². The lowest BCUT2D eigenvalue weighted by Crippen LogP contribution is -2.37. The third kappa shape index (κ3) is 4.12. The molecule has 1 aliphatic heterocycles. The first-order valence-corrected chi connectivity index (χ1v) is 10.2. The standard InChI is InChI=1S/C16H21N3O3S2/c1-2-18(14-8-9-24(20,21)11-14)12-19-16(23)22-15(17-19)10-13-6-4-3-5-7-13/h3-7,14H,2,8-12H2,1H3/t14-/m0/s1. The summed E-state index contributed by atoms with van der Waals surface area (Å²) in [6.45, 7) is 3.20. The highest BCUT2D eigenvalue weighted by Crippen LogP contribution is 2.18. The first kappa shape index (κ1) is 17.3. The van der Waals surface area contributed by atoms with Crippen LogP contribution in [0, 0.1) is 4.84 Å². The van der Waals surface area contributed by atoms with Crippen LogP contribution in [0.15, 0.2) is 34.7 Å². The van der Waals surface area contributed by atoms with Gasteiger partial charge in [-0.1, -0.05) is 37.3 Å². The third-order valence-corrected chi connectivity index (χ3v) is 6.34. The number of aromatic nitrogens is 2. The second-order valence-corrected chi connectivity index (χ2v) is 8.60. The molecule has 0 unspecified atom stereocenters. The number of sulfone groups is 1. The number of hydrogen-bond donors (Lipinski definition) is 0. The van der Waals surface area contributed by atoms with Crippen LogP contribution in [-0.2, 0) is 22.9 Å². The molecule has 24 heavy (non-hydrogen) atoms. The molecule has 0 saturated carbocycles. The maximum Gasteiger partial charge on any atom is 0.288 e. The van der Waals surface area contributed by atoms with E-state index >= 15 is 0 Å². The SMILES string of the molecule is CCN(Cn1nc(Cc2ccccc2)oc1=S)[C@H]1CCS(=O)(=O)C1. The summed E-state index contributed by atoms with van der Waals surface area (Å²) in [5.41, 5.74) is 1.11. The van der Waals surface area contributed by atoms with Crippen molar-refractivity contribution >= 4 is 22.1 Å². The summed E-state index contributed by atoms with van der Waals surface area (Å²) in [5, 5.41) is 4.46. The molecule has 0 aliphatic carbocycles. The Morgan fingerprint density at radius 3 is 2.75 bits per heavy atom. The fraction of sp³-hybridized carbons (Fsp3) is 0.500. The van der Waals surface area contributed by atoms with E-state index in [-0.39, 0.29) is 17.5 Å². The average Bonchev–Trinajstić information content (AvgIpc) is 3.08. The lowest BCUT2D eigenvalue weighted by Gasteiger charge is -2.25. The highest BCUT2D eigenvalue weighted by Gasteiger charge is 2.32. The van der Waals surface area contributed by atoms with Gasteiger partial charge in [0.25, 0.3) is 4.84 Å². The van der Waals surface area contributed by atoms with Crippen molar-refractivity contribution in [1.82, 2.24) is 14.7 Å². The van der Waals surface area contributed by atoms with Gasteiger partial charge in [0.1, 0.15) is 0 Å². The van der Waals surface area contributed by atoms with E-state index in [9.17, 15) is 8.42 Å². The van der Waals surface area contributed by atoms with Crippen LogP contribution in [0.2, 0.25) is 0 Å². The zero-order valence-electron chi connectivity index (χ0n) is 13.6. The molecule has 1 aromatic heterocycles. The Bertz CT molecular complexity index is 843. The van der Waals surface area contributed by atoms with E-state index in [1.54, 1.807) is 4.68 Å². The monoisotopic (exact) mass is 367 g/mol. The Kier molecular flexibility index (Phi) is 5.17. The smallest absolute Gasteiger partial charge is 0.288 e. The van der Waals surface area contributed by atoms with Crippen molar-refractivity contribution in [1.29, 1.82) is 0 Å². The molecule has 2 aromatic rings. The van der Waals surface area contributed by atoms with Gasteiger partial charge in [0.2, 0.25) is 5.89 Å². The summed E-state index contributed by atoms with van der Waals surface area (Å²) in [6.07, 6.45) is 1.25. The molecular weight excluding hydrogens is 346 g/mol. The van der Waals surface area contributed by atoms with Gasteiger partial charge in [0.05, 0.1) is 24.6 Å². The molecule has 1 saturated heterocycles. The average molecular weight is 367 g/mol. The first-order chi connectivity index (χ1) is 11.5. The van der Waals surface area contributed by atoms with E-state index in [4.69, 9.17) is 16.6 Å². The van der Waals surface area contributed by atoms with Crippen LogP contribution in [0.25, 0.3) is 0 Å². The quantitative estimate of drug-likeness (QED) is 0.730. The van der Waals surface area contributed by atoms with Crippen LogP contribution in [0.5, 0.6) is 0 Å². The Morgan fingerprint density at radius 2 is 2.12 bits per heavy atom. The Balaban J connectivity index is 1.71. The van der Waals surface area contributed by atoms with Gasteiger partial charge >= 0.3 is 0 Å². The Morgan fingerprint density at radius 1 is 1.38 bits per heavy atom. The topological polar surface area (TPSA) is 68.3 Å². The van der Waals surface area contributed by atoms with Crippen molar-refractivity contribution in [2.45, 2.75) is 32.5 Å². The molecule has 1 fully saturated rings. The van der Waals surface area contributed by atoms with Gasteiger partial charge in [-0.2, -0.15) is 0 Å². The van der Waals surface area contributed by atoms with Crippen molar-refractivity contribution in [3.05, 3.63) is 46.6 Å². The molecule has 0 radical (unpaired) electrons.